The number of nitro groups is 1. The summed E-state index contributed by atoms with van der Waals surface area (Å²) in [5.41, 5.74) is 5.90. The van der Waals surface area contributed by atoms with Gasteiger partial charge >= 0.3 is 26.3 Å². The average Bonchev–Trinajstić information content (AvgIpc) is 4.09. The van der Waals surface area contributed by atoms with Gasteiger partial charge in [0, 0.05) is 31.1 Å². The van der Waals surface area contributed by atoms with Crippen LogP contribution < -0.4 is 10.5 Å². The number of imidazole rings is 2. The molecule has 4 saturated heterocycles. The van der Waals surface area contributed by atoms with Crippen LogP contribution in [0.15, 0.2) is 43.5 Å². The van der Waals surface area contributed by atoms with Crippen molar-refractivity contribution in [2.24, 2.45) is 11.8 Å². The van der Waals surface area contributed by atoms with E-state index in [0.29, 0.717) is 11.4 Å². The fourth-order valence-corrected chi connectivity index (χ4v) is 12.8. The molecule has 4 aliphatic heterocycles. The highest BCUT2D eigenvalue weighted by Gasteiger charge is 2.53. The van der Waals surface area contributed by atoms with Crippen LogP contribution in [0, 0.1) is 22.0 Å². The van der Waals surface area contributed by atoms with Crippen LogP contribution in [0.3, 0.4) is 0 Å². The predicted octanol–water partition coefficient (Wildman–Crippen LogP) is 4.24. The van der Waals surface area contributed by atoms with Crippen molar-refractivity contribution in [3.8, 4) is 11.6 Å². The lowest BCUT2D eigenvalue weighted by atomic mass is 9.82. The van der Waals surface area contributed by atoms with Crippen molar-refractivity contribution < 1.29 is 79.8 Å². The second-order valence-electron chi connectivity index (χ2n) is 16.5. The van der Waals surface area contributed by atoms with Crippen molar-refractivity contribution in [2.75, 3.05) is 18.9 Å². The summed E-state index contributed by atoms with van der Waals surface area (Å²) >= 11 is 0.584. The van der Waals surface area contributed by atoms with Crippen molar-refractivity contribution >= 4 is 71.6 Å². The quantitative estimate of drug-likeness (QED) is 0.0762. The van der Waals surface area contributed by atoms with E-state index in [9.17, 15) is 34.3 Å². The highest BCUT2D eigenvalue weighted by atomic mass is 32.7. The lowest BCUT2D eigenvalue weighted by molar-refractivity contribution is -0.386. The minimum Gasteiger partial charge on any atom is -0.492 e. The first kappa shape index (κ1) is 48.7. The molecular weight excluding hydrogens is 981 g/mol. The van der Waals surface area contributed by atoms with Crippen LogP contribution in [-0.4, -0.2) is 128 Å². The molecule has 4 N–H and O–H groups in total. The SMILES string of the molecule is CC(=O)OC1[C@H](Oc2ccc(CSP3(=O)OC[C@H]4O[C@@H](n5cnc6c(N)ncnc65)[C@H](F)[C@@H]4OP(=O)(O)OC[C@H]4O[C@@H](n5cnc6c(O)ncnc65)C[C@@H]4O3)cc2[N+](=O)[O-])OC(C(C)=O)[C@@H](C)[C@@H]1C. The van der Waals surface area contributed by atoms with Crippen LogP contribution >= 0.6 is 26.0 Å². The number of nitro benzene ring substituents is 1. The molecule has 0 amide bonds. The molecule has 4 fully saturated rings. The summed E-state index contributed by atoms with van der Waals surface area (Å²) < 4.78 is 101. The van der Waals surface area contributed by atoms with Crippen molar-refractivity contribution in [3.05, 3.63) is 59.2 Å². The largest absolute Gasteiger partial charge is 0.492 e. The first-order valence-corrected chi connectivity index (χ1v) is 25.7. The first-order valence-electron chi connectivity index (χ1n) is 21.0. The number of phosphoric ester groups is 1. The van der Waals surface area contributed by atoms with Gasteiger partial charge in [-0.1, -0.05) is 19.9 Å². The Morgan fingerprint density at radius 1 is 0.942 bits per heavy atom. The van der Waals surface area contributed by atoms with Gasteiger partial charge in [0.2, 0.25) is 12.2 Å². The number of fused-ring (bicyclic) bond motifs is 4. The van der Waals surface area contributed by atoms with E-state index in [0.717, 1.165) is 18.7 Å². The summed E-state index contributed by atoms with van der Waals surface area (Å²) in [6.07, 6.45) is -9.76. The van der Waals surface area contributed by atoms with E-state index in [1.54, 1.807) is 13.8 Å². The van der Waals surface area contributed by atoms with Gasteiger partial charge in [0.1, 0.15) is 54.9 Å². The molecule has 1 aromatic carbocycles. The minimum absolute atomic E-state index is 0.0185. The summed E-state index contributed by atoms with van der Waals surface area (Å²) in [5.74, 6) is -2.87. The highest BCUT2D eigenvalue weighted by Crippen LogP contribution is 2.65. The molecule has 8 heterocycles. The number of carbonyl (C=O) groups excluding carboxylic acids is 2. The number of aromatic hydroxyl groups is 1. The number of Topliss-reactive ketones (excluding diaryl/α,β-unsaturated/α-hetero) is 1. The lowest BCUT2D eigenvalue weighted by Crippen LogP contribution is -2.55. The number of halogens is 1. The number of ketones is 1. The summed E-state index contributed by atoms with van der Waals surface area (Å²) in [7, 11) is -5.16. The fraction of sp³-hybridized carbons (Fsp3) is 0.526. The van der Waals surface area contributed by atoms with E-state index >= 15 is 8.96 Å². The van der Waals surface area contributed by atoms with Gasteiger partial charge in [0.15, 0.2) is 52.7 Å². The van der Waals surface area contributed by atoms with Gasteiger partial charge in [-0.05, 0) is 35.9 Å². The standard InChI is InChI=1S/C38H43FN10O17P2S/c1-16-17(2)31(60-19(4)51)38(64-30(16)18(3)50)63-22-6-5-20(7-21(22)49(53)54)11-69-68(57)59-10-25-32(27(39)37(62-25)48-15-45-28-33(40)41-12-42-34(28)48)66-67(55,56)58-9-24-23(65-68)8-26(61-24)47-14-46-29-35(47)43-13-44-36(29)52/h5-7,12-17,23-27,30-32,37-38H,8-11H2,1-4H3,(H,55,56)(H2,40,41,42)(H,43,44,52)/t16-,17-,23-,24+,25+,26+,27+,30?,31?,32+,37+,38+,68?/m0/s1. The maximum Gasteiger partial charge on any atom is 0.472 e. The smallest absolute Gasteiger partial charge is 0.472 e. The number of aromatic nitrogens is 8. The average molecular weight is 1020 g/mol. The van der Waals surface area contributed by atoms with E-state index in [1.807, 2.05) is 0 Å². The summed E-state index contributed by atoms with van der Waals surface area (Å²) in [5, 5.41) is 22.8. The Morgan fingerprint density at radius 3 is 2.39 bits per heavy atom. The van der Waals surface area contributed by atoms with E-state index in [-0.39, 0.29) is 57.4 Å². The Bertz CT molecular complexity index is 2900. The molecule has 0 bridgehead atoms. The lowest BCUT2D eigenvalue weighted by Gasteiger charge is -2.42. The molecule has 0 saturated carbocycles. The number of rotatable bonds is 10. The number of nitrogens with zero attached hydrogens (tertiary/aromatic N) is 9. The van der Waals surface area contributed by atoms with Crippen LogP contribution in [0.4, 0.5) is 15.9 Å². The molecule has 69 heavy (non-hydrogen) atoms. The first-order chi connectivity index (χ1) is 32.8. The van der Waals surface area contributed by atoms with E-state index in [4.69, 9.17) is 47.5 Å². The summed E-state index contributed by atoms with van der Waals surface area (Å²) in [6.45, 7) is -0.101. The van der Waals surface area contributed by atoms with Crippen LogP contribution in [0.25, 0.3) is 22.3 Å². The zero-order valence-electron chi connectivity index (χ0n) is 36.6. The summed E-state index contributed by atoms with van der Waals surface area (Å²) in [6, 6.07) is 3.83. The monoisotopic (exact) mass is 1020 g/mol. The normalized spacial score (nSPS) is 34.1. The maximum absolute atomic E-state index is 16.6. The number of alkyl halides is 1. The van der Waals surface area contributed by atoms with Crippen LogP contribution in [0.2, 0.25) is 0 Å². The number of esters is 1. The highest BCUT2D eigenvalue weighted by molar-refractivity contribution is 8.54. The number of hydrogen-bond acceptors (Lipinski definition) is 24. The molecule has 27 nitrogen and oxygen atoms in total. The molecule has 5 aromatic rings. The molecular formula is C38H43FN10O17P2S. The summed E-state index contributed by atoms with van der Waals surface area (Å²) in [4.78, 5) is 71.5. The van der Waals surface area contributed by atoms with Gasteiger partial charge in [-0.15, -0.1) is 0 Å². The molecule has 0 spiro atoms. The second kappa shape index (κ2) is 19.1. The van der Waals surface area contributed by atoms with Crippen molar-refractivity contribution in [2.45, 2.75) is 101 Å². The number of anilines is 1. The van der Waals surface area contributed by atoms with E-state index in [1.165, 1.54) is 47.8 Å². The van der Waals surface area contributed by atoms with Gasteiger partial charge in [-0.3, -0.25) is 46.9 Å². The van der Waals surface area contributed by atoms with Crippen LogP contribution in [0.5, 0.6) is 11.6 Å². The number of ether oxygens (including phenoxy) is 5. The third-order valence-electron chi connectivity index (χ3n) is 12.0. The van der Waals surface area contributed by atoms with Gasteiger partial charge < -0.3 is 39.4 Å². The van der Waals surface area contributed by atoms with Crippen molar-refractivity contribution in [1.82, 2.24) is 39.0 Å². The number of phosphoric acid groups is 1. The Kier molecular flexibility index (Phi) is 13.5. The van der Waals surface area contributed by atoms with Crippen molar-refractivity contribution in [3.63, 3.8) is 0 Å². The fourth-order valence-electron chi connectivity index (χ4n) is 8.46. The molecule has 4 unspecified atom stereocenters. The molecule has 4 aromatic heterocycles. The molecule has 31 heteroatoms. The Hall–Kier alpha value is -5.32. The Balaban J connectivity index is 1.01. The predicted molar refractivity (Wildman–Crippen MR) is 231 cm³/mol. The van der Waals surface area contributed by atoms with E-state index in [2.05, 4.69) is 29.9 Å². The third kappa shape index (κ3) is 9.77. The molecule has 0 radical (unpaired) electrons. The number of benzene rings is 1. The molecule has 370 valence electrons. The molecule has 0 aliphatic carbocycles. The zero-order valence-corrected chi connectivity index (χ0v) is 39.2. The maximum atomic E-state index is 16.6. The van der Waals surface area contributed by atoms with Gasteiger partial charge in [0.05, 0.1) is 30.8 Å². The number of carbonyl (C=O) groups is 2. The third-order valence-corrected chi connectivity index (χ3v) is 16.7. The minimum atomic E-state index is -5.16. The number of nitrogens with two attached hydrogens (primary N) is 1. The van der Waals surface area contributed by atoms with Gasteiger partial charge in [0.25, 0.3) is 0 Å². The zero-order chi connectivity index (χ0) is 49.1. The van der Waals surface area contributed by atoms with E-state index < -0.39 is 124 Å². The Morgan fingerprint density at radius 2 is 1.65 bits per heavy atom. The second-order valence-corrected chi connectivity index (χ2v) is 21.9. The number of nitrogen functional groups attached to an aromatic ring is 1. The van der Waals surface area contributed by atoms with Crippen LogP contribution in [-0.2, 0) is 61.5 Å². The Labute approximate surface area is 392 Å². The molecule has 9 rings (SSSR count). The van der Waals surface area contributed by atoms with Gasteiger partial charge in [-0.25, -0.2) is 38.4 Å². The van der Waals surface area contributed by atoms with Crippen molar-refractivity contribution in [1.29, 1.82) is 0 Å². The molecule has 14 atom stereocenters. The topological polar surface area (TPSA) is 348 Å². The van der Waals surface area contributed by atoms with Gasteiger partial charge in [-0.2, -0.15) is 4.98 Å². The molecule has 4 aliphatic rings. The van der Waals surface area contributed by atoms with Crippen LogP contribution in [0.1, 0.15) is 52.1 Å². The number of hydrogen-bond donors (Lipinski definition) is 3.